The Morgan fingerprint density at radius 3 is 2.07 bits per heavy atom. The molecule has 4 aromatic rings. The van der Waals surface area contributed by atoms with Gasteiger partial charge in [-0.1, -0.05) is 143 Å². The fraction of sp³-hybridized carbons (Fsp3) is 0.231. The van der Waals surface area contributed by atoms with Crippen LogP contribution in [0.2, 0.25) is 5.04 Å². The van der Waals surface area contributed by atoms with E-state index in [2.05, 4.69) is 124 Å². The van der Waals surface area contributed by atoms with E-state index in [4.69, 9.17) is 9.16 Å². The summed E-state index contributed by atoms with van der Waals surface area (Å²) >= 11 is 0. The summed E-state index contributed by atoms with van der Waals surface area (Å²) in [6.45, 7) is 12.5. The molecule has 4 aromatic carbocycles. The molecule has 4 heteroatoms. The lowest BCUT2D eigenvalue weighted by molar-refractivity contribution is 0.117. The van der Waals surface area contributed by atoms with Crippen molar-refractivity contribution in [2.75, 3.05) is 13.2 Å². The molecule has 0 amide bonds. The lowest BCUT2D eigenvalue weighted by Gasteiger charge is -2.43. The maximum atomic E-state index is 10.0. The van der Waals surface area contributed by atoms with Gasteiger partial charge in [-0.15, -0.1) is 0 Å². The van der Waals surface area contributed by atoms with Crippen molar-refractivity contribution >= 4 is 30.3 Å². The average Bonchev–Trinajstić information content (AvgIpc) is 3.49. The quantitative estimate of drug-likeness (QED) is 0.142. The molecule has 0 saturated carbocycles. The molecule has 0 saturated heterocycles. The number of aromatic hydroxyl groups is 1. The molecule has 5 rings (SSSR count). The van der Waals surface area contributed by atoms with Gasteiger partial charge >= 0.3 is 0 Å². The Balaban J connectivity index is 1.36. The number of hydrogen-bond acceptors (Lipinski definition) is 3. The fourth-order valence-electron chi connectivity index (χ4n) is 6.18. The van der Waals surface area contributed by atoms with Gasteiger partial charge in [-0.25, -0.2) is 0 Å². The number of rotatable bonds is 11. The molecule has 220 valence electrons. The lowest BCUT2D eigenvalue weighted by atomic mass is 9.93. The van der Waals surface area contributed by atoms with E-state index in [-0.39, 0.29) is 16.9 Å². The van der Waals surface area contributed by atoms with Crippen molar-refractivity contribution in [1.29, 1.82) is 0 Å². The molecule has 0 fully saturated rings. The molecule has 43 heavy (non-hydrogen) atoms. The van der Waals surface area contributed by atoms with Crippen molar-refractivity contribution < 1.29 is 14.3 Å². The number of hydrogen-bond donors (Lipinski definition) is 1. The molecular formula is C39H42O3Si. The van der Waals surface area contributed by atoms with Gasteiger partial charge in [0.05, 0.1) is 19.3 Å². The maximum absolute atomic E-state index is 10.0. The van der Waals surface area contributed by atoms with Gasteiger partial charge < -0.3 is 14.3 Å². The average molecular weight is 587 g/mol. The summed E-state index contributed by atoms with van der Waals surface area (Å²) < 4.78 is 13.4. The molecule has 1 heterocycles. The number of ether oxygens (including phenoxy) is 1. The fourth-order valence-corrected chi connectivity index (χ4v) is 10.7. The van der Waals surface area contributed by atoms with Gasteiger partial charge in [0.1, 0.15) is 5.75 Å². The van der Waals surface area contributed by atoms with Gasteiger partial charge in [0, 0.05) is 0 Å². The van der Waals surface area contributed by atoms with Gasteiger partial charge in [-0.3, -0.25) is 0 Å². The SMILES string of the molecule is C=C(CO[Si](c1ccccc1)(c1ccccc1)C(C)(C)C)C1=CCOC1CC/C(=C/c1cccc(O)c1)c1ccccc1. The second-order valence-corrected chi connectivity index (χ2v) is 16.5. The van der Waals surface area contributed by atoms with Crippen molar-refractivity contribution in [3.63, 3.8) is 0 Å². The standard InChI is InChI=1S/C39H42O3Si/c1-30(29-42-43(39(2,3)4,35-19-10-6-11-20-35)36-21-12-7-13-22-36)37-25-26-41-38(37)24-23-33(32-16-8-5-9-17-32)27-31-15-14-18-34(40)28-31/h5-22,25,27-28,38,40H,1,23-24,26,29H2,2-4H3/b33-27-. The Morgan fingerprint density at radius 1 is 0.884 bits per heavy atom. The van der Waals surface area contributed by atoms with Crippen molar-refractivity contribution in [1.82, 2.24) is 0 Å². The molecular weight excluding hydrogens is 545 g/mol. The summed E-state index contributed by atoms with van der Waals surface area (Å²) in [4.78, 5) is 0. The van der Waals surface area contributed by atoms with Gasteiger partial charge in [0.15, 0.2) is 0 Å². The molecule has 0 aromatic heterocycles. The lowest BCUT2D eigenvalue weighted by Crippen LogP contribution is -2.66. The second kappa shape index (κ2) is 13.6. The summed E-state index contributed by atoms with van der Waals surface area (Å²) in [5.74, 6) is 0.266. The van der Waals surface area contributed by atoms with Crippen LogP contribution in [-0.4, -0.2) is 32.7 Å². The van der Waals surface area contributed by atoms with E-state index in [1.807, 2.05) is 18.2 Å². The highest BCUT2D eigenvalue weighted by molar-refractivity contribution is 6.99. The molecule has 0 aliphatic carbocycles. The van der Waals surface area contributed by atoms with Crippen LogP contribution in [0.4, 0.5) is 0 Å². The second-order valence-electron chi connectivity index (χ2n) is 12.2. The highest BCUT2D eigenvalue weighted by Crippen LogP contribution is 2.38. The Hall–Kier alpha value is -3.96. The third-order valence-corrected chi connectivity index (χ3v) is 13.2. The highest BCUT2D eigenvalue weighted by Gasteiger charge is 2.50. The first kappa shape index (κ1) is 30.5. The Labute approximate surface area is 258 Å². The normalized spacial score (nSPS) is 15.7. The zero-order valence-electron chi connectivity index (χ0n) is 25.5. The highest BCUT2D eigenvalue weighted by atomic mass is 28.4. The minimum absolute atomic E-state index is 0.0495. The van der Waals surface area contributed by atoms with Gasteiger partial charge in [-0.2, -0.15) is 0 Å². The molecule has 3 nitrogen and oxygen atoms in total. The van der Waals surface area contributed by atoms with Crippen LogP contribution in [0.3, 0.4) is 0 Å². The molecule has 1 aliphatic heterocycles. The number of allylic oxidation sites excluding steroid dienone is 1. The zero-order valence-corrected chi connectivity index (χ0v) is 26.5. The zero-order chi connectivity index (χ0) is 30.3. The van der Waals surface area contributed by atoms with Crippen molar-refractivity contribution in [2.45, 2.75) is 44.8 Å². The smallest absolute Gasteiger partial charge is 0.261 e. The number of phenols is 1. The first-order valence-electron chi connectivity index (χ1n) is 15.1. The predicted molar refractivity (Wildman–Crippen MR) is 182 cm³/mol. The largest absolute Gasteiger partial charge is 0.508 e. The summed E-state index contributed by atoms with van der Waals surface area (Å²) in [5, 5.41) is 12.4. The molecule has 1 atom stereocenters. The van der Waals surface area contributed by atoms with Crippen LogP contribution in [0.5, 0.6) is 5.75 Å². The topological polar surface area (TPSA) is 38.7 Å². The van der Waals surface area contributed by atoms with E-state index in [0.717, 1.165) is 29.6 Å². The van der Waals surface area contributed by atoms with E-state index in [1.54, 1.807) is 12.1 Å². The molecule has 0 spiro atoms. The van der Waals surface area contributed by atoms with Gasteiger partial charge in [-0.05, 0) is 68.2 Å². The molecule has 1 unspecified atom stereocenters. The van der Waals surface area contributed by atoms with Crippen LogP contribution < -0.4 is 10.4 Å². The van der Waals surface area contributed by atoms with Crippen molar-refractivity contribution in [2.24, 2.45) is 0 Å². The van der Waals surface area contributed by atoms with E-state index in [9.17, 15) is 5.11 Å². The summed E-state index contributed by atoms with van der Waals surface area (Å²) in [6, 6.07) is 39.3. The van der Waals surface area contributed by atoms with Crippen molar-refractivity contribution in [3.05, 3.63) is 150 Å². The van der Waals surface area contributed by atoms with Crippen LogP contribution in [0.25, 0.3) is 11.6 Å². The van der Waals surface area contributed by atoms with Gasteiger partial charge in [0.2, 0.25) is 0 Å². The predicted octanol–water partition coefficient (Wildman–Crippen LogP) is 8.17. The molecule has 0 bridgehead atoms. The first-order chi connectivity index (χ1) is 20.8. The van der Waals surface area contributed by atoms with Crippen LogP contribution in [-0.2, 0) is 9.16 Å². The van der Waals surface area contributed by atoms with Crippen LogP contribution in [0.1, 0.15) is 44.7 Å². The van der Waals surface area contributed by atoms with E-state index in [1.165, 1.54) is 21.5 Å². The van der Waals surface area contributed by atoms with E-state index < -0.39 is 8.32 Å². The maximum Gasteiger partial charge on any atom is 0.261 e. The Bertz CT molecular complexity index is 1530. The molecule has 1 aliphatic rings. The van der Waals surface area contributed by atoms with E-state index in [0.29, 0.717) is 13.2 Å². The first-order valence-corrected chi connectivity index (χ1v) is 17.0. The summed E-state index contributed by atoms with van der Waals surface area (Å²) in [5.41, 5.74) is 5.47. The van der Waals surface area contributed by atoms with Crippen LogP contribution in [0, 0.1) is 0 Å². The molecule has 1 N–H and O–H groups in total. The summed E-state index contributed by atoms with van der Waals surface area (Å²) in [7, 11) is -2.67. The van der Waals surface area contributed by atoms with Crippen molar-refractivity contribution in [3.8, 4) is 5.75 Å². The van der Waals surface area contributed by atoms with E-state index >= 15 is 0 Å². The Kier molecular flexibility index (Phi) is 9.61. The summed E-state index contributed by atoms with van der Waals surface area (Å²) in [6.07, 6.45) is 5.93. The van der Waals surface area contributed by atoms with Gasteiger partial charge in [0.25, 0.3) is 8.32 Å². The minimum Gasteiger partial charge on any atom is -0.508 e. The monoisotopic (exact) mass is 586 g/mol. The minimum atomic E-state index is -2.67. The number of benzene rings is 4. The van der Waals surface area contributed by atoms with Crippen LogP contribution in [0.15, 0.2) is 139 Å². The molecule has 0 radical (unpaired) electrons. The number of phenolic OH excluding ortho intramolecular Hbond substituents is 1. The third-order valence-electron chi connectivity index (χ3n) is 8.27. The third kappa shape index (κ3) is 6.99. The Morgan fingerprint density at radius 2 is 1.49 bits per heavy atom. The van der Waals surface area contributed by atoms with Crippen LogP contribution >= 0.6 is 0 Å².